The maximum absolute atomic E-state index is 4.83. The van der Waals surface area contributed by atoms with E-state index in [9.17, 15) is 0 Å². The molecule has 0 aromatic carbocycles. The summed E-state index contributed by atoms with van der Waals surface area (Å²) < 4.78 is 4.83. The van der Waals surface area contributed by atoms with E-state index < -0.39 is 0 Å². The molecule has 0 aliphatic rings. The fourth-order valence-corrected chi connectivity index (χ4v) is 3.51. The summed E-state index contributed by atoms with van der Waals surface area (Å²) in [5.41, 5.74) is 0. The van der Waals surface area contributed by atoms with Crippen molar-refractivity contribution in [3.63, 3.8) is 0 Å². The van der Waals surface area contributed by atoms with Crippen LogP contribution < -0.4 is 0 Å². The standard InChI is InChI=1S/C15H33NSi/c1-4-6-8-10-11-13-15-17(3)16-14-12-9-7-5-2/h4-15H2,1-3H3. The molecule has 0 saturated carbocycles. The van der Waals surface area contributed by atoms with Crippen molar-refractivity contribution in [2.75, 3.05) is 6.54 Å². The zero-order valence-corrected chi connectivity index (χ0v) is 13.4. The van der Waals surface area contributed by atoms with Gasteiger partial charge in [0.15, 0.2) is 0 Å². The van der Waals surface area contributed by atoms with Gasteiger partial charge in [0.2, 0.25) is 0 Å². The quantitative estimate of drug-likeness (QED) is 0.308. The molecule has 0 aromatic rings. The van der Waals surface area contributed by atoms with Crippen LogP contribution in [0.15, 0.2) is 4.63 Å². The van der Waals surface area contributed by atoms with Crippen molar-refractivity contribution in [2.24, 2.45) is 4.63 Å². The molecule has 0 spiro atoms. The highest BCUT2D eigenvalue weighted by Crippen LogP contribution is 2.08. The van der Waals surface area contributed by atoms with E-state index in [0.717, 1.165) is 6.54 Å². The van der Waals surface area contributed by atoms with Crippen molar-refractivity contribution < 1.29 is 0 Å². The van der Waals surface area contributed by atoms with Crippen molar-refractivity contribution in [1.82, 2.24) is 0 Å². The van der Waals surface area contributed by atoms with Crippen LogP contribution in [0.3, 0.4) is 0 Å². The maximum atomic E-state index is 4.83. The first-order valence-electron chi connectivity index (χ1n) is 7.81. The first-order chi connectivity index (χ1) is 8.31. The Hall–Kier alpha value is 0.0169. The zero-order valence-electron chi connectivity index (χ0n) is 12.4. The van der Waals surface area contributed by atoms with E-state index in [0.29, 0.717) is 0 Å². The highest BCUT2D eigenvalue weighted by atomic mass is 28.2. The third-order valence-electron chi connectivity index (χ3n) is 3.29. The van der Waals surface area contributed by atoms with Gasteiger partial charge in [-0.1, -0.05) is 71.6 Å². The Kier molecular flexibility index (Phi) is 14.1. The number of rotatable bonds is 12. The van der Waals surface area contributed by atoms with Crippen LogP contribution in [0.5, 0.6) is 0 Å². The van der Waals surface area contributed by atoms with Gasteiger partial charge in [0, 0.05) is 6.54 Å². The predicted octanol–water partition coefficient (Wildman–Crippen LogP) is 5.82. The molecule has 0 bridgehead atoms. The first kappa shape index (κ1) is 17.0. The Bertz CT molecular complexity index is 178. The lowest BCUT2D eigenvalue weighted by atomic mass is 10.1. The SMILES string of the molecule is CCCCCCCC[Si](C)=NCCCCCC. The summed E-state index contributed by atoms with van der Waals surface area (Å²) in [7, 11) is -0.344. The lowest BCUT2D eigenvalue weighted by Gasteiger charge is -2.01. The lowest BCUT2D eigenvalue weighted by molar-refractivity contribution is 0.623. The van der Waals surface area contributed by atoms with E-state index in [4.69, 9.17) is 4.63 Å². The molecule has 0 aliphatic carbocycles. The van der Waals surface area contributed by atoms with E-state index in [-0.39, 0.29) is 8.59 Å². The second-order valence-electron chi connectivity index (χ2n) is 5.20. The van der Waals surface area contributed by atoms with Crippen LogP contribution >= 0.6 is 0 Å². The Morgan fingerprint density at radius 2 is 1.24 bits per heavy atom. The van der Waals surface area contributed by atoms with Crippen LogP contribution in [0.4, 0.5) is 0 Å². The summed E-state index contributed by atoms with van der Waals surface area (Å²) in [6.07, 6.45) is 14.0. The molecule has 2 heteroatoms. The van der Waals surface area contributed by atoms with Gasteiger partial charge >= 0.3 is 0 Å². The van der Waals surface area contributed by atoms with E-state index in [1.807, 2.05) is 0 Å². The molecule has 1 nitrogen and oxygen atoms in total. The summed E-state index contributed by atoms with van der Waals surface area (Å²) in [6.45, 7) is 8.08. The van der Waals surface area contributed by atoms with Gasteiger partial charge < -0.3 is 4.63 Å². The van der Waals surface area contributed by atoms with Crippen LogP contribution in [0, 0.1) is 0 Å². The molecule has 0 aliphatic heterocycles. The van der Waals surface area contributed by atoms with Gasteiger partial charge in [-0.3, -0.25) is 0 Å². The van der Waals surface area contributed by atoms with E-state index in [2.05, 4.69) is 20.4 Å². The van der Waals surface area contributed by atoms with Crippen molar-refractivity contribution >= 4 is 8.59 Å². The maximum Gasteiger partial charge on any atom is 0.118 e. The van der Waals surface area contributed by atoms with Gasteiger partial charge in [-0.15, -0.1) is 0 Å². The van der Waals surface area contributed by atoms with Gasteiger partial charge in [0.1, 0.15) is 8.59 Å². The fourth-order valence-electron chi connectivity index (χ4n) is 2.05. The largest absolute Gasteiger partial charge is 0.337 e. The molecule has 102 valence electrons. The molecule has 0 fully saturated rings. The van der Waals surface area contributed by atoms with Gasteiger partial charge in [-0.25, -0.2) is 0 Å². The molecule has 0 atom stereocenters. The highest BCUT2D eigenvalue weighted by molar-refractivity contribution is 6.44. The minimum Gasteiger partial charge on any atom is -0.337 e. The van der Waals surface area contributed by atoms with Crippen LogP contribution in [-0.4, -0.2) is 15.1 Å². The molecule has 0 amide bonds. The van der Waals surface area contributed by atoms with Gasteiger partial charge in [0.05, 0.1) is 0 Å². The summed E-state index contributed by atoms with van der Waals surface area (Å²) in [5, 5.41) is 0. The van der Waals surface area contributed by atoms with Crippen LogP contribution in [0.1, 0.15) is 78.1 Å². The fraction of sp³-hybridized carbons (Fsp3) is 1.00. The number of unbranched alkanes of at least 4 members (excludes halogenated alkanes) is 8. The number of nitrogens with zero attached hydrogens (tertiary/aromatic N) is 1. The smallest absolute Gasteiger partial charge is 0.118 e. The average Bonchev–Trinajstić information content (AvgIpc) is 2.33. The Balaban J connectivity index is 3.26. The van der Waals surface area contributed by atoms with E-state index in [1.54, 1.807) is 0 Å². The molecule has 0 aromatic heterocycles. The molecule has 0 unspecified atom stereocenters. The van der Waals surface area contributed by atoms with Crippen molar-refractivity contribution in [2.45, 2.75) is 90.6 Å². The molecule has 0 saturated heterocycles. The van der Waals surface area contributed by atoms with Crippen LogP contribution in [0.2, 0.25) is 12.6 Å². The Labute approximate surface area is 111 Å². The molecule has 0 heterocycles. The van der Waals surface area contributed by atoms with E-state index in [1.165, 1.54) is 70.3 Å². The summed E-state index contributed by atoms with van der Waals surface area (Å²) in [4.78, 5) is 0. The van der Waals surface area contributed by atoms with Crippen molar-refractivity contribution in [3.05, 3.63) is 0 Å². The molecule has 0 N–H and O–H groups in total. The third-order valence-corrected chi connectivity index (χ3v) is 5.13. The Morgan fingerprint density at radius 3 is 1.88 bits per heavy atom. The van der Waals surface area contributed by atoms with Gasteiger partial charge in [-0.2, -0.15) is 0 Å². The number of hydrogen-bond acceptors (Lipinski definition) is 1. The summed E-state index contributed by atoms with van der Waals surface area (Å²) in [5.74, 6) is 0. The second kappa shape index (κ2) is 14.1. The van der Waals surface area contributed by atoms with Gasteiger partial charge in [-0.05, 0) is 19.0 Å². The first-order valence-corrected chi connectivity index (χ1v) is 9.96. The lowest BCUT2D eigenvalue weighted by Crippen LogP contribution is -1.96. The van der Waals surface area contributed by atoms with E-state index >= 15 is 0 Å². The Morgan fingerprint density at radius 1 is 0.706 bits per heavy atom. The van der Waals surface area contributed by atoms with Crippen LogP contribution in [0.25, 0.3) is 0 Å². The third kappa shape index (κ3) is 14.0. The average molecular weight is 256 g/mol. The zero-order chi connectivity index (χ0) is 12.8. The summed E-state index contributed by atoms with van der Waals surface area (Å²) >= 11 is 0. The molecule has 17 heavy (non-hydrogen) atoms. The van der Waals surface area contributed by atoms with Gasteiger partial charge in [0.25, 0.3) is 0 Å². The predicted molar refractivity (Wildman–Crippen MR) is 81.2 cm³/mol. The topological polar surface area (TPSA) is 12.4 Å². The monoisotopic (exact) mass is 255 g/mol. The number of hydrogen-bond donors (Lipinski definition) is 0. The molecular weight excluding hydrogens is 222 g/mol. The van der Waals surface area contributed by atoms with Crippen LogP contribution in [-0.2, 0) is 0 Å². The second-order valence-corrected chi connectivity index (χ2v) is 7.48. The summed E-state index contributed by atoms with van der Waals surface area (Å²) in [6, 6.07) is 1.41. The van der Waals surface area contributed by atoms with Crippen molar-refractivity contribution in [3.8, 4) is 0 Å². The molecular formula is C15H33NSi. The minimum absolute atomic E-state index is 0.344. The highest BCUT2D eigenvalue weighted by Gasteiger charge is 1.95. The molecule has 0 rings (SSSR count). The minimum atomic E-state index is -0.344. The van der Waals surface area contributed by atoms with Crippen molar-refractivity contribution in [1.29, 1.82) is 0 Å². The molecule has 0 radical (unpaired) electrons. The normalized spacial score (nSPS) is 12.1.